The van der Waals surface area contributed by atoms with E-state index in [4.69, 9.17) is 11.6 Å². The van der Waals surface area contributed by atoms with Gasteiger partial charge in [-0.3, -0.25) is 4.79 Å². The molecule has 12 heteroatoms. The molecule has 0 aliphatic carbocycles. The molecule has 1 aliphatic rings. The number of carbonyl (C=O) groups is 1. The molecule has 8 nitrogen and oxygen atoms in total. The number of halogens is 2. The number of rotatable bonds is 4. The molecule has 1 fully saturated rings. The van der Waals surface area contributed by atoms with E-state index < -0.39 is 34.0 Å². The second kappa shape index (κ2) is 8.32. The summed E-state index contributed by atoms with van der Waals surface area (Å²) in [5.74, 6) is -1.13. The number of aryl methyl sites for hydroxylation is 1. The first-order valence-corrected chi connectivity index (χ1v) is 11.9. The molecular weight excluding hydrogens is 465 g/mol. The number of thiophene rings is 1. The smallest absolute Gasteiger partial charge is 0.280 e. The second-order valence-corrected chi connectivity index (χ2v) is 10.5. The van der Waals surface area contributed by atoms with E-state index in [1.807, 2.05) is 29.9 Å². The van der Waals surface area contributed by atoms with Crippen LogP contribution < -0.4 is 10.0 Å². The average molecular weight is 484 g/mol. The molecule has 0 spiro atoms. The van der Waals surface area contributed by atoms with Crippen molar-refractivity contribution in [3.05, 3.63) is 58.6 Å². The predicted molar refractivity (Wildman–Crippen MR) is 118 cm³/mol. The molecule has 1 aliphatic heterocycles. The van der Waals surface area contributed by atoms with E-state index >= 15 is 0 Å². The van der Waals surface area contributed by atoms with Crippen molar-refractivity contribution in [3.8, 4) is 10.6 Å². The maximum Gasteiger partial charge on any atom is 0.280 e. The minimum Gasteiger partial charge on any atom is -0.340 e. The van der Waals surface area contributed by atoms with Crippen LogP contribution in [0.2, 0.25) is 5.02 Å². The maximum absolute atomic E-state index is 13.4. The highest BCUT2D eigenvalue weighted by atomic mass is 35.5. The third-order valence-corrected chi connectivity index (χ3v) is 8.09. The van der Waals surface area contributed by atoms with Gasteiger partial charge in [0.1, 0.15) is 11.9 Å². The van der Waals surface area contributed by atoms with E-state index in [1.54, 1.807) is 6.33 Å². The summed E-state index contributed by atoms with van der Waals surface area (Å²) in [7, 11) is -0.678. The van der Waals surface area contributed by atoms with E-state index in [0.717, 1.165) is 25.8 Å². The molecule has 1 amide bonds. The number of nitrogens with one attached hydrogen (secondary N) is 2. The maximum atomic E-state index is 13.4. The molecule has 31 heavy (non-hydrogen) atoms. The molecule has 3 aromatic rings. The zero-order valence-corrected chi connectivity index (χ0v) is 18.9. The Bertz CT molecular complexity index is 1240. The SMILES string of the molecule is CN1[C@H](C(=O)Nc2ccc(F)c(Cl)c2)C[C@@H](c2ccc(-c3cn(C)cn3)s2)NS1(=O)=O. The monoisotopic (exact) mass is 483 g/mol. The van der Waals surface area contributed by atoms with Gasteiger partial charge >= 0.3 is 0 Å². The molecule has 1 aromatic carbocycles. The molecule has 0 saturated carbocycles. The first kappa shape index (κ1) is 21.9. The minimum absolute atomic E-state index is 0.136. The van der Waals surface area contributed by atoms with Crippen molar-refractivity contribution in [2.45, 2.75) is 18.5 Å². The van der Waals surface area contributed by atoms with Gasteiger partial charge in [-0.05, 0) is 36.8 Å². The van der Waals surface area contributed by atoms with Crippen LogP contribution in [0.4, 0.5) is 10.1 Å². The number of hydrogen-bond acceptors (Lipinski definition) is 5. The van der Waals surface area contributed by atoms with Gasteiger partial charge in [-0.1, -0.05) is 11.6 Å². The normalized spacial score (nSPS) is 21.2. The quantitative estimate of drug-likeness (QED) is 0.595. The van der Waals surface area contributed by atoms with E-state index in [-0.39, 0.29) is 17.1 Å². The number of likely N-dealkylation sites (N-methyl/N-ethyl adjacent to an activating group) is 1. The van der Waals surface area contributed by atoms with Gasteiger partial charge in [0, 0.05) is 30.9 Å². The molecule has 1 saturated heterocycles. The van der Waals surface area contributed by atoms with Gasteiger partial charge in [-0.15, -0.1) is 11.3 Å². The van der Waals surface area contributed by atoms with Crippen molar-refractivity contribution < 1.29 is 17.6 Å². The molecule has 0 unspecified atom stereocenters. The van der Waals surface area contributed by atoms with Gasteiger partial charge in [0.15, 0.2) is 0 Å². The lowest BCUT2D eigenvalue weighted by molar-refractivity contribution is -0.120. The number of nitrogens with zero attached hydrogens (tertiary/aromatic N) is 3. The van der Waals surface area contributed by atoms with E-state index in [2.05, 4.69) is 15.0 Å². The van der Waals surface area contributed by atoms with Crippen LogP contribution in [0.1, 0.15) is 17.3 Å². The number of anilines is 1. The molecule has 2 atom stereocenters. The fourth-order valence-corrected chi connectivity index (χ4v) is 5.87. The summed E-state index contributed by atoms with van der Waals surface area (Å²) in [6, 6.07) is 5.96. The van der Waals surface area contributed by atoms with Crippen molar-refractivity contribution in [1.29, 1.82) is 0 Å². The summed E-state index contributed by atoms with van der Waals surface area (Å²) < 4.78 is 44.2. The predicted octanol–water partition coefficient (Wildman–Crippen LogP) is 3.16. The van der Waals surface area contributed by atoms with Crippen LogP contribution in [0.15, 0.2) is 42.9 Å². The minimum atomic E-state index is -3.89. The van der Waals surface area contributed by atoms with Crippen LogP contribution in [0.3, 0.4) is 0 Å². The summed E-state index contributed by atoms with van der Waals surface area (Å²) in [6.45, 7) is 0. The van der Waals surface area contributed by atoms with Crippen molar-refractivity contribution in [1.82, 2.24) is 18.6 Å². The third-order valence-electron chi connectivity index (χ3n) is 4.99. The molecule has 3 heterocycles. The summed E-state index contributed by atoms with van der Waals surface area (Å²) >= 11 is 7.18. The Kier molecular flexibility index (Phi) is 5.88. The highest BCUT2D eigenvalue weighted by molar-refractivity contribution is 7.87. The topological polar surface area (TPSA) is 96.3 Å². The Hall–Kier alpha value is -2.31. The fourth-order valence-electron chi connectivity index (χ4n) is 3.31. The van der Waals surface area contributed by atoms with Gasteiger partial charge < -0.3 is 9.88 Å². The summed E-state index contributed by atoms with van der Waals surface area (Å²) in [4.78, 5) is 18.9. The summed E-state index contributed by atoms with van der Waals surface area (Å²) in [6.07, 6.45) is 3.78. The Morgan fingerprint density at radius 2 is 2.10 bits per heavy atom. The first-order chi connectivity index (χ1) is 14.6. The standard InChI is InChI=1S/C19H19ClFN5O3S2/c1-25-9-15(22-10-25)18-6-5-17(30-18)14-8-16(26(2)31(28,29)24-14)19(27)23-11-3-4-13(21)12(20)7-11/h3-7,9-10,14,16,24H,8H2,1-2H3,(H,23,27)/t14-,16-/m0/s1. The third kappa shape index (κ3) is 4.51. The highest BCUT2D eigenvalue weighted by Crippen LogP contribution is 2.35. The van der Waals surface area contributed by atoms with Crippen LogP contribution in [-0.4, -0.2) is 41.3 Å². The average Bonchev–Trinajstić information content (AvgIpc) is 3.35. The first-order valence-electron chi connectivity index (χ1n) is 9.23. The van der Waals surface area contributed by atoms with Gasteiger partial charge in [-0.25, -0.2) is 9.37 Å². The largest absolute Gasteiger partial charge is 0.340 e. The van der Waals surface area contributed by atoms with Crippen molar-refractivity contribution in [2.75, 3.05) is 12.4 Å². The number of carbonyl (C=O) groups excluding carboxylic acids is 1. The molecular formula is C19H19ClFN5O3S2. The zero-order valence-electron chi connectivity index (χ0n) is 16.5. The van der Waals surface area contributed by atoms with Crippen molar-refractivity contribution in [3.63, 3.8) is 0 Å². The van der Waals surface area contributed by atoms with Gasteiger partial charge in [0.05, 0.1) is 28.0 Å². The molecule has 0 radical (unpaired) electrons. The van der Waals surface area contributed by atoms with Crippen LogP contribution in [0.5, 0.6) is 0 Å². The van der Waals surface area contributed by atoms with Crippen LogP contribution in [-0.2, 0) is 22.1 Å². The Balaban J connectivity index is 1.57. The van der Waals surface area contributed by atoms with Crippen LogP contribution in [0.25, 0.3) is 10.6 Å². The Morgan fingerprint density at radius 1 is 1.32 bits per heavy atom. The number of aromatic nitrogens is 2. The second-order valence-electron chi connectivity index (χ2n) is 7.19. The van der Waals surface area contributed by atoms with Gasteiger partial charge in [-0.2, -0.15) is 17.4 Å². The Morgan fingerprint density at radius 3 is 2.77 bits per heavy atom. The molecule has 2 aromatic heterocycles. The molecule has 4 rings (SSSR count). The van der Waals surface area contributed by atoms with Crippen LogP contribution in [0, 0.1) is 5.82 Å². The Labute approximate surface area is 187 Å². The van der Waals surface area contributed by atoms with Gasteiger partial charge in [0.2, 0.25) is 5.91 Å². The zero-order chi connectivity index (χ0) is 22.3. The van der Waals surface area contributed by atoms with Crippen molar-refractivity contribution in [2.24, 2.45) is 7.05 Å². The lowest BCUT2D eigenvalue weighted by atomic mass is 10.1. The summed E-state index contributed by atoms with van der Waals surface area (Å²) in [5, 5.41) is 2.48. The lowest BCUT2D eigenvalue weighted by Gasteiger charge is -2.35. The highest BCUT2D eigenvalue weighted by Gasteiger charge is 2.41. The fraction of sp³-hybridized carbons (Fsp3) is 0.263. The molecule has 164 valence electrons. The van der Waals surface area contributed by atoms with Gasteiger partial charge in [0.25, 0.3) is 10.2 Å². The summed E-state index contributed by atoms with van der Waals surface area (Å²) in [5.41, 5.74) is 1.07. The number of hydrogen-bond donors (Lipinski definition) is 2. The number of imidazole rings is 1. The van der Waals surface area contributed by atoms with Crippen molar-refractivity contribution >= 4 is 44.7 Å². The van der Waals surface area contributed by atoms with Crippen LogP contribution >= 0.6 is 22.9 Å². The molecule has 2 N–H and O–H groups in total. The number of benzene rings is 1. The van der Waals surface area contributed by atoms with E-state index in [1.165, 1.54) is 30.5 Å². The molecule has 0 bridgehead atoms. The van der Waals surface area contributed by atoms with E-state index in [0.29, 0.717) is 0 Å². The van der Waals surface area contributed by atoms with E-state index in [9.17, 15) is 17.6 Å². The number of amides is 1. The lowest BCUT2D eigenvalue weighted by Crippen LogP contribution is -2.55.